The van der Waals surface area contributed by atoms with Crippen LogP contribution < -0.4 is 14.5 Å². The van der Waals surface area contributed by atoms with Crippen LogP contribution in [0, 0.1) is 17.1 Å². The largest absolute Gasteiger partial charge is 0.462 e. The van der Waals surface area contributed by atoms with E-state index in [0.717, 1.165) is 73.4 Å². The van der Waals surface area contributed by atoms with Crippen LogP contribution in [0.2, 0.25) is 0 Å². The molecule has 0 spiro atoms. The van der Waals surface area contributed by atoms with Crippen molar-refractivity contribution in [2.45, 2.75) is 75.9 Å². The number of anilines is 2. The fourth-order valence-electron chi connectivity index (χ4n) is 7.51. The van der Waals surface area contributed by atoms with Crippen LogP contribution in [0.25, 0.3) is 0 Å². The highest BCUT2D eigenvalue weighted by Gasteiger charge is 2.36. The molecule has 0 unspecified atom stereocenters. The summed E-state index contributed by atoms with van der Waals surface area (Å²) in [7, 11) is 0. The molecule has 1 aromatic heterocycles. The Labute approximate surface area is 262 Å². The van der Waals surface area contributed by atoms with Crippen LogP contribution in [-0.4, -0.2) is 96.1 Å². The van der Waals surface area contributed by atoms with Crippen LogP contribution >= 0.6 is 0 Å². The van der Waals surface area contributed by atoms with Gasteiger partial charge in [-0.1, -0.05) is 12.6 Å². The van der Waals surface area contributed by atoms with Gasteiger partial charge in [0.25, 0.3) is 6.43 Å². The number of hydrogen-bond acceptors (Lipinski definition) is 8. The molecular formula is C33H40F3N7O2. The van der Waals surface area contributed by atoms with Gasteiger partial charge in [0.2, 0.25) is 5.91 Å². The first-order chi connectivity index (χ1) is 21.8. The van der Waals surface area contributed by atoms with E-state index in [4.69, 9.17) is 14.7 Å². The van der Waals surface area contributed by atoms with E-state index in [9.17, 15) is 23.2 Å². The summed E-state index contributed by atoms with van der Waals surface area (Å²) in [6.07, 6.45) is 4.78. The van der Waals surface area contributed by atoms with Crippen molar-refractivity contribution in [1.29, 1.82) is 5.26 Å². The van der Waals surface area contributed by atoms with Gasteiger partial charge in [-0.2, -0.15) is 15.2 Å². The highest BCUT2D eigenvalue weighted by molar-refractivity contribution is 5.87. The minimum absolute atomic E-state index is 0.124. The highest BCUT2D eigenvalue weighted by Crippen LogP contribution is 2.37. The molecule has 45 heavy (non-hydrogen) atoms. The smallest absolute Gasteiger partial charge is 0.318 e. The van der Waals surface area contributed by atoms with Crippen LogP contribution in [0.3, 0.4) is 0 Å². The molecular weight excluding hydrogens is 583 g/mol. The van der Waals surface area contributed by atoms with Crippen molar-refractivity contribution >= 4 is 17.4 Å². The van der Waals surface area contributed by atoms with Gasteiger partial charge in [-0.25, -0.2) is 13.2 Å². The van der Waals surface area contributed by atoms with Crippen molar-refractivity contribution in [1.82, 2.24) is 19.8 Å². The molecule has 3 aliphatic heterocycles. The number of aryl methyl sites for hydroxylation is 1. The number of nitriles is 1. The molecule has 1 aromatic carbocycles. The van der Waals surface area contributed by atoms with Crippen molar-refractivity contribution in [3.8, 4) is 12.1 Å². The zero-order valence-electron chi connectivity index (χ0n) is 25.5. The number of nitrogens with zero attached hydrogens (tertiary/aromatic N) is 7. The van der Waals surface area contributed by atoms with Crippen LogP contribution in [0.4, 0.5) is 24.7 Å². The monoisotopic (exact) mass is 623 g/mol. The number of ether oxygens (including phenoxy) is 1. The molecule has 0 bridgehead atoms. The first-order valence-corrected chi connectivity index (χ1v) is 16.0. The molecule has 0 N–H and O–H groups in total. The molecule has 3 atom stereocenters. The fourth-order valence-corrected chi connectivity index (χ4v) is 7.51. The SMILES string of the molecule is C=CC(=O)N1CCN(c2nc(OC[C@@H]3CCCN3CC(F)F)nc3c2CC[C@@H](N2CCCc4ccc(F)cc42)C3)C[C@@H]1CC#N. The predicted molar refractivity (Wildman–Crippen MR) is 164 cm³/mol. The number of likely N-dealkylation sites (tertiary alicyclic amines) is 1. The van der Waals surface area contributed by atoms with E-state index >= 15 is 0 Å². The molecule has 2 aromatic rings. The van der Waals surface area contributed by atoms with E-state index < -0.39 is 6.43 Å². The van der Waals surface area contributed by atoms with Gasteiger partial charge >= 0.3 is 6.01 Å². The van der Waals surface area contributed by atoms with Crippen LogP contribution in [0.5, 0.6) is 6.01 Å². The van der Waals surface area contributed by atoms with Crippen LogP contribution in [-0.2, 0) is 24.1 Å². The summed E-state index contributed by atoms with van der Waals surface area (Å²) in [5.74, 6) is 0.295. The lowest BCUT2D eigenvalue weighted by Gasteiger charge is -2.43. The van der Waals surface area contributed by atoms with Gasteiger partial charge in [0.15, 0.2) is 0 Å². The lowest BCUT2D eigenvalue weighted by molar-refractivity contribution is -0.128. The third-order valence-electron chi connectivity index (χ3n) is 9.69. The topological polar surface area (TPSA) is 88.8 Å². The molecule has 240 valence electrons. The number of rotatable bonds is 9. The first-order valence-electron chi connectivity index (χ1n) is 16.0. The second-order valence-corrected chi connectivity index (χ2v) is 12.4. The maximum atomic E-state index is 14.3. The quantitative estimate of drug-likeness (QED) is 0.385. The first kappa shape index (κ1) is 31.1. The molecule has 1 amide bonds. The molecule has 9 nitrogen and oxygen atoms in total. The van der Waals surface area contributed by atoms with Gasteiger partial charge in [-0.15, -0.1) is 0 Å². The zero-order valence-corrected chi connectivity index (χ0v) is 25.5. The summed E-state index contributed by atoms with van der Waals surface area (Å²) in [6, 6.07) is 7.13. The number of fused-ring (bicyclic) bond motifs is 2. The average molecular weight is 624 g/mol. The fraction of sp³-hybridized carbons (Fsp3) is 0.576. The number of carbonyl (C=O) groups is 1. The molecule has 12 heteroatoms. The third kappa shape index (κ3) is 6.73. The summed E-state index contributed by atoms with van der Waals surface area (Å²) in [5.41, 5.74) is 3.99. The number of amides is 1. The third-order valence-corrected chi connectivity index (χ3v) is 9.69. The summed E-state index contributed by atoms with van der Waals surface area (Å²) in [5, 5.41) is 9.52. The summed E-state index contributed by atoms with van der Waals surface area (Å²) in [6.45, 7) is 6.40. The van der Waals surface area contributed by atoms with Crippen LogP contribution in [0.15, 0.2) is 30.9 Å². The molecule has 0 saturated carbocycles. The highest BCUT2D eigenvalue weighted by atomic mass is 19.3. The number of benzene rings is 1. The lowest BCUT2D eigenvalue weighted by atomic mass is 9.88. The Bertz CT molecular complexity index is 1450. The number of halogens is 3. The maximum Gasteiger partial charge on any atom is 0.318 e. The van der Waals surface area contributed by atoms with E-state index in [1.807, 2.05) is 6.07 Å². The molecule has 1 aliphatic carbocycles. The number of alkyl halides is 2. The van der Waals surface area contributed by atoms with Crippen molar-refractivity contribution in [3.63, 3.8) is 0 Å². The number of piperazine rings is 1. The molecule has 4 aliphatic rings. The Hall–Kier alpha value is -3.85. The molecule has 4 heterocycles. The summed E-state index contributed by atoms with van der Waals surface area (Å²) < 4.78 is 46.8. The van der Waals surface area contributed by atoms with E-state index in [1.54, 1.807) is 15.9 Å². The number of aromatic nitrogens is 2. The van der Waals surface area contributed by atoms with Crippen molar-refractivity contribution in [2.24, 2.45) is 0 Å². The molecule has 2 fully saturated rings. The van der Waals surface area contributed by atoms with Gasteiger partial charge in [0, 0.05) is 55.9 Å². The van der Waals surface area contributed by atoms with Crippen LogP contribution in [0.1, 0.15) is 48.9 Å². The Kier molecular flexibility index (Phi) is 9.45. The normalized spacial score (nSPS) is 23.4. The van der Waals surface area contributed by atoms with Gasteiger partial charge in [-0.3, -0.25) is 9.69 Å². The molecule has 2 saturated heterocycles. The maximum absolute atomic E-state index is 14.3. The van der Waals surface area contributed by atoms with E-state index in [0.29, 0.717) is 32.6 Å². The van der Waals surface area contributed by atoms with E-state index in [1.165, 1.54) is 12.1 Å². The Morgan fingerprint density at radius 2 is 2.00 bits per heavy atom. The van der Waals surface area contributed by atoms with Gasteiger partial charge < -0.3 is 19.4 Å². The minimum atomic E-state index is -2.41. The van der Waals surface area contributed by atoms with E-state index in [-0.39, 0.29) is 55.4 Å². The van der Waals surface area contributed by atoms with Crippen molar-refractivity contribution in [3.05, 3.63) is 53.5 Å². The Balaban J connectivity index is 1.29. The second-order valence-electron chi connectivity index (χ2n) is 12.4. The standard InChI is InChI=1S/C33H40F3N7O2/c1-2-31(44)43-16-15-41(19-25(43)11-12-37)32-27-10-9-24(42-14-3-5-22-7-8-23(34)17-29(22)42)18-28(27)38-33(39-32)45-21-26-6-4-13-40(26)20-30(35)36/h2,7-8,17,24-26,30H,1,3-6,9-11,13-16,18-21H2/t24-,25+,26+/m1/s1. The van der Waals surface area contributed by atoms with Gasteiger partial charge in [0.1, 0.15) is 18.2 Å². The lowest BCUT2D eigenvalue weighted by Crippen LogP contribution is -2.55. The second kappa shape index (κ2) is 13.6. The summed E-state index contributed by atoms with van der Waals surface area (Å²) >= 11 is 0. The number of hydrogen-bond donors (Lipinski definition) is 0. The Morgan fingerprint density at radius 3 is 2.80 bits per heavy atom. The zero-order chi connectivity index (χ0) is 31.5. The van der Waals surface area contributed by atoms with Gasteiger partial charge in [-0.05, 0) is 68.8 Å². The van der Waals surface area contributed by atoms with Crippen molar-refractivity contribution in [2.75, 3.05) is 55.7 Å². The number of carbonyl (C=O) groups excluding carboxylic acids is 1. The predicted octanol–water partition coefficient (Wildman–Crippen LogP) is 4.15. The van der Waals surface area contributed by atoms with Gasteiger partial charge in [0.05, 0.1) is 30.8 Å². The van der Waals surface area contributed by atoms with E-state index in [2.05, 4.69) is 22.4 Å². The molecule has 0 radical (unpaired) electrons. The summed E-state index contributed by atoms with van der Waals surface area (Å²) in [4.78, 5) is 30.2. The Morgan fingerprint density at radius 1 is 1.13 bits per heavy atom. The minimum Gasteiger partial charge on any atom is -0.462 e. The van der Waals surface area contributed by atoms with Crippen molar-refractivity contribution < 1.29 is 22.7 Å². The molecule has 6 rings (SSSR count). The average Bonchev–Trinajstić information content (AvgIpc) is 3.48.